The van der Waals surface area contributed by atoms with E-state index in [9.17, 15) is 22.5 Å². The van der Waals surface area contributed by atoms with Crippen LogP contribution in [0.2, 0.25) is 5.02 Å². The van der Waals surface area contributed by atoms with E-state index < -0.39 is 16.4 Å². The average molecular weight is 622 g/mol. The standard InChI is InChI=1S/C26H30ClF2N9O3S/c1-15-14-36(18-4-8-42(39,40)9-5-18)6-7-37(15)21-11-19(41-24(28)29)10-20(22(21)27)33-25-34-23-16(12-30)13-31-38(23)26(35-25)32-17-2-3-17/h10-11,13,15,17-18,24H,2-9,14H2,1H3,(H2,32,33,34,35)/t15-/m0/s1. The molecule has 0 bridgehead atoms. The van der Waals surface area contributed by atoms with Crippen LogP contribution in [0.5, 0.6) is 5.75 Å². The lowest BCUT2D eigenvalue weighted by Crippen LogP contribution is -2.56. The second kappa shape index (κ2) is 11.3. The highest BCUT2D eigenvalue weighted by Gasteiger charge is 2.34. The molecule has 16 heteroatoms. The summed E-state index contributed by atoms with van der Waals surface area (Å²) in [6, 6.07) is 5.31. The number of aromatic nitrogens is 4. The van der Waals surface area contributed by atoms with E-state index in [1.165, 1.54) is 22.8 Å². The number of rotatable bonds is 8. The van der Waals surface area contributed by atoms with Crippen LogP contribution in [0, 0.1) is 11.3 Å². The Morgan fingerprint density at radius 2 is 1.93 bits per heavy atom. The van der Waals surface area contributed by atoms with Crippen LogP contribution in [-0.2, 0) is 9.84 Å². The average Bonchev–Trinajstić information content (AvgIpc) is 3.66. The summed E-state index contributed by atoms with van der Waals surface area (Å²) in [6.07, 6.45) is 4.58. The summed E-state index contributed by atoms with van der Waals surface area (Å²) in [5, 5.41) is 20.4. The summed E-state index contributed by atoms with van der Waals surface area (Å²) in [5.41, 5.74) is 1.31. The van der Waals surface area contributed by atoms with Gasteiger partial charge in [-0.3, -0.25) is 4.90 Å². The van der Waals surface area contributed by atoms with Crippen LogP contribution in [-0.4, -0.2) is 88.8 Å². The minimum Gasteiger partial charge on any atom is -0.435 e. The van der Waals surface area contributed by atoms with Gasteiger partial charge in [-0.15, -0.1) is 0 Å². The Labute approximate surface area is 246 Å². The van der Waals surface area contributed by atoms with E-state index in [-0.39, 0.29) is 63.2 Å². The number of nitrogens with zero attached hydrogens (tertiary/aromatic N) is 7. The van der Waals surface area contributed by atoms with Crippen molar-refractivity contribution in [3.05, 3.63) is 28.9 Å². The molecule has 2 saturated heterocycles. The van der Waals surface area contributed by atoms with Crippen LogP contribution >= 0.6 is 11.6 Å². The van der Waals surface area contributed by atoms with E-state index in [4.69, 9.17) is 16.3 Å². The molecule has 0 unspecified atom stereocenters. The van der Waals surface area contributed by atoms with Crippen LogP contribution in [0.3, 0.4) is 0 Å². The third-order valence-electron chi connectivity index (χ3n) is 7.91. The van der Waals surface area contributed by atoms with Gasteiger partial charge in [-0.1, -0.05) is 11.6 Å². The molecule has 3 aromatic rings. The number of benzene rings is 1. The quantitative estimate of drug-likeness (QED) is 0.381. The Bertz CT molecular complexity index is 1630. The van der Waals surface area contributed by atoms with Gasteiger partial charge in [-0.2, -0.15) is 33.6 Å². The normalized spacial score (nSPS) is 21.4. The van der Waals surface area contributed by atoms with Crippen molar-refractivity contribution < 1.29 is 21.9 Å². The predicted octanol–water partition coefficient (Wildman–Crippen LogP) is 3.66. The maximum atomic E-state index is 13.3. The van der Waals surface area contributed by atoms with E-state index in [2.05, 4.69) is 36.7 Å². The van der Waals surface area contributed by atoms with Crippen LogP contribution < -0.4 is 20.3 Å². The van der Waals surface area contributed by atoms with Gasteiger partial charge in [0.15, 0.2) is 5.65 Å². The summed E-state index contributed by atoms with van der Waals surface area (Å²) in [7, 11) is -2.96. The fourth-order valence-corrected chi connectivity index (χ4v) is 7.34. The van der Waals surface area contributed by atoms with Crippen LogP contribution in [0.4, 0.5) is 32.1 Å². The number of hydrogen-bond donors (Lipinski definition) is 2. The topological polar surface area (TPSA) is 141 Å². The smallest absolute Gasteiger partial charge is 0.387 e. The molecule has 6 rings (SSSR count). The molecule has 1 atom stereocenters. The SMILES string of the molecule is C[C@H]1CN(C2CCS(=O)(=O)CC2)CCN1c1cc(OC(F)F)cc(Nc2nc(NC3CC3)n3ncc(C#N)c3n2)c1Cl. The molecule has 0 amide bonds. The number of ether oxygens (including phenoxy) is 1. The second-order valence-corrected chi connectivity index (χ2v) is 13.6. The highest BCUT2D eigenvalue weighted by molar-refractivity contribution is 7.91. The maximum absolute atomic E-state index is 13.3. The van der Waals surface area contributed by atoms with Crippen molar-refractivity contribution in [1.82, 2.24) is 24.5 Å². The Balaban J connectivity index is 1.29. The Morgan fingerprint density at radius 1 is 1.17 bits per heavy atom. The number of alkyl halides is 2. The zero-order chi connectivity index (χ0) is 29.6. The summed E-state index contributed by atoms with van der Waals surface area (Å²) in [6.45, 7) is 0.864. The Kier molecular flexibility index (Phi) is 7.71. The van der Waals surface area contributed by atoms with E-state index in [0.29, 0.717) is 44.1 Å². The number of halogens is 3. The summed E-state index contributed by atoms with van der Waals surface area (Å²) in [4.78, 5) is 13.3. The predicted molar refractivity (Wildman–Crippen MR) is 154 cm³/mol. The van der Waals surface area contributed by atoms with Gasteiger partial charge in [-0.05, 0) is 32.6 Å². The van der Waals surface area contributed by atoms with Crippen molar-refractivity contribution in [1.29, 1.82) is 5.26 Å². The van der Waals surface area contributed by atoms with Crippen molar-refractivity contribution in [3.63, 3.8) is 0 Å². The van der Waals surface area contributed by atoms with Crippen molar-refractivity contribution in [2.45, 2.75) is 57.3 Å². The number of fused-ring (bicyclic) bond motifs is 1. The lowest BCUT2D eigenvalue weighted by Gasteiger charge is -2.45. The zero-order valence-corrected chi connectivity index (χ0v) is 24.4. The molecule has 224 valence electrons. The third kappa shape index (κ3) is 6.02. The molecule has 0 radical (unpaired) electrons. The van der Waals surface area contributed by atoms with E-state index >= 15 is 0 Å². The number of sulfone groups is 1. The fourth-order valence-electron chi connectivity index (χ4n) is 5.61. The van der Waals surface area contributed by atoms with Crippen molar-refractivity contribution >= 4 is 50.4 Å². The molecule has 1 saturated carbocycles. The fraction of sp³-hybridized carbons (Fsp3) is 0.538. The summed E-state index contributed by atoms with van der Waals surface area (Å²) in [5.74, 6) is 0.804. The van der Waals surface area contributed by atoms with Crippen LogP contribution in [0.15, 0.2) is 18.3 Å². The number of anilines is 4. The largest absolute Gasteiger partial charge is 0.435 e. The first-order chi connectivity index (χ1) is 20.1. The first-order valence-corrected chi connectivity index (χ1v) is 16.0. The van der Waals surface area contributed by atoms with Crippen molar-refractivity contribution in [2.75, 3.05) is 46.7 Å². The monoisotopic (exact) mass is 621 g/mol. The molecule has 2 aromatic heterocycles. The highest BCUT2D eigenvalue weighted by atomic mass is 35.5. The molecule has 12 nitrogen and oxygen atoms in total. The first kappa shape index (κ1) is 28.6. The number of nitrogens with one attached hydrogen (secondary N) is 2. The third-order valence-corrected chi connectivity index (χ3v) is 10.0. The zero-order valence-electron chi connectivity index (χ0n) is 22.8. The van der Waals surface area contributed by atoms with Gasteiger partial charge in [-0.25, -0.2) is 8.42 Å². The molecule has 4 heterocycles. The molecule has 2 aliphatic heterocycles. The van der Waals surface area contributed by atoms with Crippen LogP contribution in [0.25, 0.3) is 5.65 Å². The van der Waals surface area contributed by atoms with Gasteiger partial charge in [0.1, 0.15) is 27.2 Å². The Hall–Kier alpha value is -3.48. The van der Waals surface area contributed by atoms with Gasteiger partial charge in [0.25, 0.3) is 0 Å². The minimum absolute atomic E-state index is 0.0450. The molecule has 2 N–H and O–H groups in total. The Morgan fingerprint density at radius 3 is 2.60 bits per heavy atom. The second-order valence-electron chi connectivity index (χ2n) is 10.9. The maximum Gasteiger partial charge on any atom is 0.387 e. The van der Waals surface area contributed by atoms with Gasteiger partial charge < -0.3 is 20.3 Å². The first-order valence-electron chi connectivity index (χ1n) is 13.8. The molecule has 3 aliphatic rings. The number of hydrogen-bond acceptors (Lipinski definition) is 11. The van der Waals surface area contributed by atoms with Crippen molar-refractivity contribution in [2.24, 2.45) is 0 Å². The van der Waals surface area contributed by atoms with Gasteiger partial charge in [0.05, 0.1) is 34.1 Å². The molecular formula is C26H30ClF2N9O3S. The number of nitriles is 1. The van der Waals surface area contributed by atoms with Crippen LogP contribution in [0.1, 0.15) is 38.2 Å². The van der Waals surface area contributed by atoms with Gasteiger partial charge in [0, 0.05) is 49.9 Å². The molecule has 3 fully saturated rings. The molecule has 0 spiro atoms. The van der Waals surface area contributed by atoms with E-state index in [0.717, 1.165) is 12.8 Å². The van der Waals surface area contributed by atoms with E-state index in [1.54, 1.807) is 0 Å². The van der Waals surface area contributed by atoms with Gasteiger partial charge in [0.2, 0.25) is 11.9 Å². The minimum atomic E-state index is -3.05. The lowest BCUT2D eigenvalue weighted by atomic mass is 10.1. The molecule has 1 aromatic carbocycles. The highest BCUT2D eigenvalue weighted by Crippen LogP contribution is 2.41. The molecule has 42 heavy (non-hydrogen) atoms. The van der Waals surface area contributed by atoms with E-state index in [1.807, 2.05) is 11.8 Å². The lowest BCUT2D eigenvalue weighted by molar-refractivity contribution is -0.0497. The molecule has 1 aliphatic carbocycles. The van der Waals surface area contributed by atoms with Crippen molar-refractivity contribution in [3.8, 4) is 11.8 Å². The molecular weight excluding hydrogens is 592 g/mol. The number of piperazine rings is 1. The summed E-state index contributed by atoms with van der Waals surface area (Å²) < 4.78 is 56.7. The van der Waals surface area contributed by atoms with Gasteiger partial charge >= 0.3 is 6.61 Å². The summed E-state index contributed by atoms with van der Waals surface area (Å²) >= 11 is 6.90.